The molecule has 3 nitrogen and oxygen atoms in total. The summed E-state index contributed by atoms with van der Waals surface area (Å²) in [5.74, 6) is 0.368. The topological polar surface area (TPSA) is 58.3 Å². The van der Waals surface area contributed by atoms with E-state index in [4.69, 9.17) is 5.73 Å². The molecule has 4 N–H and O–H groups in total. The van der Waals surface area contributed by atoms with E-state index in [2.05, 4.69) is 49.3 Å². The zero-order valence-corrected chi connectivity index (χ0v) is 14.0. The van der Waals surface area contributed by atoms with E-state index >= 15 is 0 Å². The van der Waals surface area contributed by atoms with Crippen LogP contribution in [0.2, 0.25) is 0 Å². The molecule has 106 valence electrons. The van der Waals surface area contributed by atoms with Crippen LogP contribution in [0, 0.1) is 5.92 Å². The summed E-state index contributed by atoms with van der Waals surface area (Å²) in [5, 5.41) is 13.0. The molecule has 0 saturated heterocycles. The maximum Gasteiger partial charge on any atom is 0.0474 e. The maximum atomic E-state index is 9.39. The highest BCUT2D eigenvalue weighted by Crippen LogP contribution is 2.30. The Morgan fingerprint density at radius 2 is 2.11 bits per heavy atom. The fraction of sp³-hybridized carbons (Fsp3) is 0.571. The second-order valence-electron chi connectivity index (χ2n) is 5.11. The molecular formula is C14H20Br2N2O. The fourth-order valence-corrected chi connectivity index (χ4v) is 3.41. The van der Waals surface area contributed by atoms with Crippen molar-refractivity contribution in [2.75, 3.05) is 13.2 Å². The van der Waals surface area contributed by atoms with E-state index in [0.29, 0.717) is 18.5 Å². The van der Waals surface area contributed by atoms with E-state index < -0.39 is 0 Å². The molecule has 3 atom stereocenters. The molecule has 0 radical (unpaired) electrons. The molecule has 2 rings (SSSR count). The predicted octanol–water partition coefficient (Wildman–Crippen LogP) is 2.96. The van der Waals surface area contributed by atoms with Crippen LogP contribution in [0.5, 0.6) is 0 Å². The monoisotopic (exact) mass is 390 g/mol. The fourth-order valence-electron chi connectivity index (χ4n) is 2.76. The van der Waals surface area contributed by atoms with Gasteiger partial charge in [-0.05, 0) is 68.3 Å². The first kappa shape index (κ1) is 15.4. The normalized spacial score (nSPS) is 24.6. The SMILES string of the molecule is NCC(NC1CCCC1CO)c1ccc(Br)c(Br)c1. The number of nitrogens with one attached hydrogen (secondary N) is 1. The lowest BCUT2D eigenvalue weighted by atomic mass is 10.0. The molecule has 1 aromatic carbocycles. The Morgan fingerprint density at radius 3 is 2.74 bits per heavy atom. The van der Waals surface area contributed by atoms with Gasteiger partial charge in [-0.2, -0.15) is 0 Å². The van der Waals surface area contributed by atoms with Gasteiger partial charge in [0, 0.05) is 34.2 Å². The molecule has 0 heterocycles. The molecule has 5 heteroatoms. The Labute approximate surface area is 131 Å². The number of aliphatic hydroxyl groups excluding tert-OH is 1. The Balaban J connectivity index is 2.09. The van der Waals surface area contributed by atoms with Gasteiger partial charge >= 0.3 is 0 Å². The van der Waals surface area contributed by atoms with Crippen molar-refractivity contribution in [2.45, 2.75) is 31.3 Å². The van der Waals surface area contributed by atoms with Gasteiger partial charge in [-0.1, -0.05) is 12.5 Å². The molecule has 0 spiro atoms. The third kappa shape index (κ3) is 3.79. The van der Waals surface area contributed by atoms with Gasteiger partial charge in [0.1, 0.15) is 0 Å². The molecule has 3 unspecified atom stereocenters. The molecule has 0 bridgehead atoms. The standard InChI is InChI=1S/C14H20Br2N2O/c15-11-5-4-9(6-12(11)16)14(7-17)18-13-3-1-2-10(13)8-19/h4-6,10,13-14,18-19H,1-3,7-8,17H2. The molecule has 0 amide bonds. The van der Waals surface area contributed by atoms with Crippen LogP contribution in [0.1, 0.15) is 30.9 Å². The maximum absolute atomic E-state index is 9.39. The van der Waals surface area contributed by atoms with E-state index in [1.54, 1.807) is 0 Å². The van der Waals surface area contributed by atoms with Crippen LogP contribution in [0.25, 0.3) is 0 Å². The van der Waals surface area contributed by atoms with E-state index in [9.17, 15) is 5.11 Å². The second-order valence-corrected chi connectivity index (χ2v) is 6.82. The Kier molecular flexibility index (Phi) is 5.84. The lowest BCUT2D eigenvalue weighted by Gasteiger charge is -2.26. The van der Waals surface area contributed by atoms with Gasteiger partial charge in [0.25, 0.3) is 0 Å². The average Bonchev–Trinajstić information content (AvgIpc) is 2.86. The third-order valence-corrected chi connectivity index (χ3v) is 5.77. The first-order chi connectivity index (χ1) is 9.15. The number of nitrogens with two attached hydrogens (primary N) is 1. The van der Waals surface area contributed by atoms with E-state index in [1.807, 2.05) is 6.07 Å². The Bertz CT molecular complexity index is 428. The highest BCUT2D eigenvalue weighted by molar-refractivity contribution is 9.13. The third-order valence-electron chi connectivity index (χ3n) is 3.89. The molecule has 0 aliphatic heterocycles. The molecular weight excluding hydrogens is 372 g/mol. The number of aliphatic hydroxyl groups is 1. The summed E-state index contributed by atoms with van der Waals surface area (Å²) in [6, 6.07) is 6.73. The van der Waals surface area contributed by atoms with Crippen molar-refractivity contribution in [3.63, 3.8) is 0 Å². The van der Waals surface area contributed by atoms with E-state index in [-0.39, 0.29) is 12.6 Å². The van der Waals surface area contributed by atoms with Crippen molar-refractivity contribution >= 4 is 31.9 Å². The molecule has 1 aromatic rings. The van der Waals surface area contributed by atoms with Crippen molar-refractivity contribution in [1.29, 1.82) is 0 Å². The molecule has 19 heavy (non-hydrogen) atoms. The minimum atomic E-state index is 0.140. The van der Waals surface area contributed by atoms with E-state index in [1.165, 1.54) is 12.0 Å². The molecule has 1 aliphatic carbocycles. The van der Waals surface area contributed by atoms with E-state index in [0.717, 1.165) is 21.8 Å². The second kappa shape index (κ2) is 7.18. The molecule has 1 aliphatic rings. The van der Waals surface area contributed by atoms with Crippen LogP contribution in [0.15, 0.2) is 27.1 Å². The van der Waals surface area contributed by atoms with Crippen molar-refractivity contribution in [1.82, 2.24) is 5.32 Å². The van der Waals surface area contributed by atoms with Gasteiger partial charge in [-0.3, -0.25) is 0 Å². The smallest absolute Gasteiger partial charge is 0.0474 e. The van der Waals surface area contributed by atoms with Gasteiger partial charge < -0.3 is 16.2 Å². The van der Waals surface area contributed by atoms with Crippen LogP contribution in [0.4, 0.5) is 0 Å². The Hall–Kier alpha value is 0.0600. The van der Waals surface area contributed by atoms with Crippen molar-refractivity contribution < 1.29 is 5.11 Å². The first-order valence-corrected chi connectivity index (χ1v) is 8.26. The molecule has 1 fully saturated rings. The van der Waals surface area contributed by atoms with Crippen molar-refractivity contribution in [3.8, 4) is 0 Å². The lowest BCUT2D eigenvalue weighted by Crippen LogP contribution is -2.39. The predicted molar refractivity (Wildman–Crippen MR) is 85.0 cm³/mol. The minimum Gasteiger partial charge on any atom is -0.396 e. The zero-order valence-electron chi connectivity index (χ0n) is 10.8. The first-order valence-electron chi connectivity index (χ1n) is 6.67. The largest absolute Gasteiger partial charge is 0.396 e. The summed E-state index contributed by atoms with van der Waals surface area (Å²) in [4.78, 5) is 0. The van der Waals surface area contributed by atoms with Crippen molar-refractivity contribution in [3.05, 3.63) is 32.7 Å². The van der Waals surface area contributed by atoms with Gasteiger partial charge in [0.2, 0.25) is 0 Å². The van der Waals surface area contributed by atoms with Crippen LogP contribution in [-0.2, 0) is 0 Å². The summed E-state index contributed by atoms with van der Waals surface area (Å²) in [6.45, 7) is 0.821. The summed E-state index contributed by atoms with van der Waals surface area (Å²) >= 11 is 7.00. The van der Waals surface area contributed by atoms with Gasteiger partial charge in [-0.15, -0.1) is 0 Å². The number of hydrogen-bond donors (Lipinski definition) is 3. The van der Waals surface area contributed by atoms with Gasteiger partial charge in [0.05, 0.1) is 0 Å². The average molecular weight is 392 g/mol. The van der Waals surface area contributed by atoms with Crippen LogP contribution in [-0.4, -0.2) is 24.3 Å². The number of rotatable bonds is 5. The Morgan fingerprint density at radius 1 is 1.32 bits per heavy atom. The minimum absolute atomic E-state index is 0.140. The van der Waals surface area contributed by atoms with Crippen molar-refractivity contribution in [2.24, 2.45) is 11.7 Å². The summed E-state index contributed by atoms with van der Waals surface area (Å²) < 4.78 is 2.08. The zero-order chi connectivity index (χ0) is 13.8. The van der Waals surface area contributed by atoms with Gasteiger partial charge in [-0.25, -0.2) is 0 Å². The lowest BCUT2D eigenvalue weighted by molar-refractivity contribution is 0.200. The van der Waals surface area contributed by atoms with Crippen LogP contribution >= 0.6 is 31.9 Å². The number of halogens is 2. The van der Waals surface area contributed by atoms with Crippen LogP contribution in [0.3, 0.4) is 0 Å². The van der Waals surface area contributed by atoms with Gasteiger partial charge in [0.15, 0.2) is 0 Å². The number of hydrogen-bond acceptors (Lipinski definition) is 3. The summed E-state index contributed by atoms with van der Waals surface area (Å²) in [5.41, 5.74) is 7.09. The summed E-state index contributed by atoms with van der Waals surface area (Å²) in [6.07, 6.45) is 3.42. The quantitative estimate of drug-likeness (QED) is 0.723. The number of benzene rings is 1. The summed E-state index contributed by atoms with van der Waals surface area (Å²) in [7, 11) is 0. The highest BCUT2D eigenvalue weighted by Gasteiger charge is 2.28. The van der Waals surface area contributed by atoms with Crippen LogP contribution < -0.4 is 11.1 Å². The highest BCUT2D eigenvalue weighted by atomic mass is 79.9. The molecule has 1 saturated carbocycles. The molecule has 0 aromatic heterocycles.